The molecule has 0 unspecified atom stereocenters. The molecule has 6 heteroatoms. The van der Waals surface area contributed by atoms with Gasteiger partial charge in [0, 0.05) is 15.4 Å². The number of halogens is 1. The number of hydrogen-bond acceptors (Lipinski definition) is 4. The van der Waals surface area contributed by atoms with Gasteiger partial charge in [0.1, 0.15) is 0 Å². The molecule has 1 aromatic rings. The topological polar surface area (TPSA) is 55.4 Å². The maximum Gasteiger partial charge on any atom is 0.316 e. The van der Waals surface area contributed by atoms with E-state index in [9.17, 15) is 9.59 Å². The summed E-state index contributed by atoms with van der Waals surface area (Å²) < 4.78 is 6.23. The van der Waals surface area contributed by atoms with Crippen LogP contribution in [0.4, 0.5) is 0 Å². The van der Waals surface area contributed by atoms with Crippen LogP contribution < -0.4 is 5.32 Å². The van der Waals surface area contributed by atoms with E-state index in [1.165, 1.54) is 37.4 Å². The average Bonchev–Trinajstić information content (AvgIpc) is 3.25. The molecular weight excluding hydrogens is 426 g/mol. The van der Waals surface area contributed by atoms with Crippen molar-refractivity contribution in [2.45, 2.75) is 57.4 Å². The molecule has 2 saturated carbocycles. The van der Waals surface area contributed by atoms with Crippen molar-refractivity contribution in [3.05, 3.63) is 27.7 Å². The number of aryl methyl sites for hydroxylation is 2. The summed E-state index contributed by atoms with van der Waals surface area (Å²) in [5, 5.41) is 3.03. The van der Waals surface area contributed by atoms with Crippen molar-refractivity contribution >= 4 is 39.6 Å². The maximum absolute atomic E-state index is 12.1. The number of amides is 1. The lowest BCUT2D eigenvalue weighted by Crippen LogP contribution is -2.42. The second-order valence-corrected chi connectivity index (χ2v) is 9.88. The van der Waals surface area contributed by atoms with Crippen molar-refractivity contribution < 1.29 is 14.3 Å². The minimum Gasteiger partial charge on any atom is -0.455 e. The van der Waals surface area contributed by atoms with Crippen LogP contribution in [0, 0.1) is 31.6 Å². The Kier molecular flexibility index (Phi) is 6.90. The van der Waals surface area contributed by atoms with Gasteiger partial charge >= 0.3 is 5.97 Å². The molecule has 27 heavy (non-hydrogen) atoms. The molecule has 0 saturated heterocycles. The van der Waals surface area contributed by atoms with E-state index in [1.54, 1.807) is 0 Å². The Morgan fingerprint density at radius 3 is 2.70 bits per heavy atom. The zero-order chi connectivity index (χ0) is 19.6. The van der Waals surface area contributed by atoms with Crippen molar-refractivity contribution in [2.24, 2.45) is 17.8 Å². The fraction of sp³-hybridized carbons (Fsp3) is 0.619. The summed E-state index contributed by atoms with van der Waals surface area (Å²) in [5.74, 6) is 1.86. The largest absolute Gasteiger partial charge is 0.455 e. The van der Waals surface area contributed by atoms with Gasteiger partial charge in [-0.2, -0.15) is 0 Å². The molecule has 2 aliphatic carbocycles. The SMILES string of the molecule is Cc1cc(SCC(=O)OCC(=O)N[C@H](C)[C@H]2C[C@H]3CC[C@H]2C3)c(C)cc1Br. The van der Waals surface area contributed by atoms with Crippen molar-refractivity contribution in [1.29, 1.82) is 0 Å². The van der Waals surface area contributed by atoms with Crippen LogP contribution in [0.15, 0.2) is 21.5 Å². The van der Waals surface area contributed by atoms with E-state index in [4.69, 9.17) is 4.74 Å². The zero-order valence-electron chi connectivity index (χ0n) is 16.2. The number of thioether (sulfide) groups is 1. The van der Waals surface area contributed by atoms with Crippen molar-refractivity contribution in [3.63, 3.8) is 0 Å². The number of rotatable bonds is 7. The van der Waals surface area contributed by atoms with Gasteiger partial charge in [-0.05, 0) is 81.0 Å². The molecule has 1 amide bonds. The Bertz CT molecular complexity index is 724. The molecule has 0 spiro atoms. The zero-order valence-corrected chi connectivity index (χ0v) is 18.6. The number of carbonyl (C=O) groups is 2. The Balaban J connectivity index is 1.38. The third-order valence-electron chi connectivity index (χ3n) is 5.99. The molecule has 2 fully saturated rings. The Hall–Kier alpha value is -1.01. The normalized spacial score (nSPS) is 24.7. The van der Waals surface area contributed by atoms with Crippen LogP contribution in [-0.2, 0) is 14.3 Å². The summed E-state index contributed by atoms with van der Waals surface area (Å²) in [6, 6.07) is 4.27. The molecule has 1 N–H and O–H groups in total. The standard InChI is InChI=1S/C21H28BrNO3S/c1-12-7-19(13(2)6-18(12)22)27-11-21(25)26-10-20(24)23-14(3)17-9-15-4-5-16(17)8-15/h6-7,14-17H,4-5,8-11H2,1-3H3,(H,23,24)/t14-,15+,16+,17-/m1/s1. The van der Waals surface area contributed by atoms with Gasteiger partial charge in [0.15, 0.2) is 6.61 Å². The molecular formula is C21H28BrNO3S. The molecule has 0 aromatic heterocycles. The van der Waals surface area contributed by atoms with E-state index in [-0.39, 0.29) is 30.3 Å². The third-order valence-corrected chi connectivity index (χ3v) is 7.97. The molecule has 2 aliphatic rings. The van der Waals surface area contributed by atoms with Crippen molar-refractivity contribution in [3.8, 4) is 0 Å². The molecule has 0 radical (unpaired) electrons. The predicted molar refractivity (Wildman–Crippen MR) is 112 cm³/mol. The van der Waals surface area contributed by atoms with Crippen LogP contribution in [0.1, 0.15) is 43.7 Å². The van der Waals surface area contributed by atoms with Gasteiger partial charge in [-0.3, -0.25) is 9.59 Å². The summed E-state index contributed by atoms with van der Waals surface area (Å²) in [4.78, 5) is 25.2. The molecule has 3 rings (SSSR count). The van der Waals surface area contributed by atoms with E-state index in [0.717, 1.165) is 32.3 Å². The van der Waals surface area contributed by atoms with E-state index in [0.29, 0.717) is 5.92 Å². The van der Waals surface area contributed by atoms with Gasteiger partial charge in [0.25, 0.3) is 5.91 Å². The van der Waals surface area contributed by atoms with Crippen LogP contribution in [0.3, 0.4) is 0 Å². The van der Waals surface area contributed by atoms with Crippen LogP contribution in [0.5, 0.6) is 0 Å². The van der Waals surface area contributed by atoms with Crippen LogP contribution in [-0.4, -0.2) is 30.3 Å². The quantitative estimate of drug-likeness (QED) is 0.482. The highest BCUT2D eigenvalue weighted by Gasteiger charge is 2.42. The molecule has 148 valence electrons. The fourth-order valence-corrected chi connectivity index (χ4v) is 5.90. The second kappa shape index (κ2) is 8.99. The van der Waals surface area contributed by atoms with Gasteiger partial charge in [-0.25, -0.2) is 0 Å². The molecule has 4 atom stereocenters. The van der Waals surface area contributed by atoms with Gasteiger partial charge in [-0.1, -0.05) is 22.4 Å². The summed E-state index contributed by atoms with van der Waals surface area (Å²) in [5.41, 5.74) is 2.24. The Labute approximate surface area is 174 Å². The lowest BCUT2D eigenvalue weighted by molar-refractivity contribution is -0.146. The highest BCUT2D eigenvalue weighted by Crippen LogP contribution is 2.49. The predicted octanol–water partition coefficient (Wildman–Crippen LogP) is 4.64. The van der Waals surface area contributed by atoms with Crippen molar-refractivity contribution in [2.75, 3.05) is 12.4 Å². The number of fused-ring (bicyclic) bond motifs is 2. The van der Waals surface area contributed by atoms with Gasteiger partial charge in [-0.15, -0.1) is 11.8 Å². The highest BCUT2D eigenvalue weighted by atomic mass is 79.9. The molecule has 1 aromatic carbocycles. The van der Waals surface area contributed by atoms with E-state index < -0.39 is 0 Å². The fourth-order valence-electron chi connectivity index (χ4n) is 4.54. The number of nitrogens with one attached hydrogen (secondary N) is 1. The number of esters is 1. The van der Waals surface area contributed by atoms with Crippen LogP contribution in [0.2, 0.25) is 0 Å². The van der Waals surface area contributed by atoms with E-state index >= 15 is 0 Å². The first-order valence-corrected chi connectivity index (χ1v) is 11.5. The van der Waals surface area contributed by atoms with Gasteiger partial charge < -0.3 is 10.1 Å². The van der Waals surface area contributed by atoms with E-state index in [2.05, 4.69) is 34.2 Å². The monoisotopic (exact) mass is 453 g/mol. The first kappa shape index (κ1) is 20.7. The van der Waals surface area contributed by atoms with Gasteiger partial charge in [0.05, 0.1) is 5.75 Å². The second-order valence-electron chi connectivity index (χ2n) is 8.01. The Morgan fingerprint density at radius 1 is 1.26 bits per heavy atom. The smallest absolute Gasteiger partial charge is 0.316 e. The molecule has 2 bridgehead atoms. The summed E-state index contributed by atoms with van der Waals surface area (Å²) in [6.07, 6.45) is 5.21. The summed E-state index contributed by atoms with van der Waals surface area (Å²) >= 11 is 4.96. The number of ether oxygens (including phenoxy) is 1. The third kappa shape index (κ3) is 5.29. The number of hydrogen-bond donors (Lipinski definition) is 1. The van der Waals surface area contributed by atoms with Crippen LogP contribution in [0.25, 0.3) is 0 Å². The minimum absolute atomic E-state index is 0.161. The van der Waals surface area contributed by atoms with Crippen molar-refractivity contribution in [1.82, 2.24) is 5.32 Å². The molecule has 0 heterocycles. The number of carbonyl (C=O) groups excluding carboxylic acids is 2. The first-order chi connectivity index (χ1) is 12.8. The summed E-state index contributed by atoms with van der Waals surface area (Å²) in [7, 11) is 0. The first-order valence-electron chi connectivity index (χ1n) is 9.68. The highest BCUT2D eigenvalue weighted by molar-refractivity contribution is 9.10. The van der Waals surface area contributed by atoms with Gasteiger partial charge in [0.2, 0.25) is 0 Å². The molecule has 0 aliphatic heterocycles. The lowest BCUT2D eigenvalue weighted by atomic mass is 9.84. The molecule has 4 nitrogen and oxygen atoms in total. The van der Waals surface area contributed by atoms with E-state index in [1.807, 2.05) is 19.9 Å². The summed E-state index contributed by atoms with van der Waals surface area (Å²) in [6.45, 7) is 5.93. The lowest BCUT2D eigenvalue weighted by Gasteiger charge is -2.28. The minimum atomic E-state index is -0.359. The Morgan fingerprint density at radius 2 is 2.04 bits per heavy atom. The van der Waals surface area contributed by atoms with Crippen LogP contribution >= 0.6 is 27.7 Å². The average molecular weight is 454 g/mol. The maximum atomic E-state index is 12.1. The number of benzene rings is 1.